The summed E-state index contributed by atoms with van der Waals surface area (Å²) in [6.45, 7) is 5.84. The Balaban J connectivity index is 1.81. The van der Waals surface area contributed by atoms with E-state index in [0.717, 1.165) is 5.56 Å². The quantitative estimate of drug-likeness (QED) is 0.762. The molecule has 0 radical (unpaired) electrons. The zero-order valence-electron chi connectivity index (χ0n) is 11.2. The molecule has 0 saturated heterocycles. The van der Waals surface area contributed by atoms with Gasteiger partial charge in [-0.1, -0.05) is 5.16 Å². The van der Waals surface area contributed by atoms with Crippen LogP contribution >= 0.6 is 0 Å². The van der Waals surface area contributed by atoms with Gasteiger partial charge in [0, 0.05) is 6.20 Å². The Morgan fingerprint density at radius 1 is 1.53 bits per heavy atom. The molecule has 7 heteroatoms. The molecule has 19 heavy (non-hydrogen) atoms. The van der Waals surface area contributed by atoms with Crippen LogP contribution in [-0.4, -0.2) is 25.9 Å². The normalized spacial score (nSPS) is 12.4. The number of rotatable bonds is 5. The predicted molar refractivity (Wildman–Crippen MR) is 65.1 cm³/mol. The number of carbonyl (C=O) groups excluding carboxylic acids is 1. The lowest BCUT2D eigenvalue weighted by Gasteiger charge is -2.08. The summed E-state index contributed by atoms with van der Waals surface area (Å²) in [5.41, 5.74) is 1.06. The first kappa shape index (κ1) is 13.3. The third-order valence-corrected chi connectivity index (χ3v) is 2.51. The van der Waals surface area contributed by atoms with E-state index in [1.807, 2.05) is 13.1 Å². The fourth-order valence-electron chi connectivity index (χ4n) is 1.58. The van der Waals surface area contributed by atoms with Gasteiger partial charge in [-0.15, -0.1) is 0 Å². The van der Waals surface area contributed by atoms with Gasteiger partial charge in [0.15, 0.2) is 11.9 Å². The second-order valence-electron chi connectivity index (χ2n) is 4.34. The summed E-state index contributed by atoms with van der Waals surface area (Å²) in [5.74, 6) is 0.502. The molecule has 0 fully saturated rings. The van der Waals surface area contributed by atoms with Gasteiger partial charge in [-0.05, 0) is 26.3 Å². The number of aromatic nitrogens is 4. The Labute approximate surface area is 110 Å². The SMILES string of the molecule is Cc1cnn(CCC(=O)OC(C)c2nc(C)no2)c1. The van der Waals surface area contributed by atoms with Gasteiger partial charge in [0.1, 0.15) is 0 Å². The van der Waals surface area contributed by atoms with Gasteiger partial charge in [0.05, 0.1) is 19.2 Å². The van der Waals surface area contributed by atoms with Crippen LogP contribution < -0.4 is 0 Å². The van der Waals surface area contributed by atoms with Crippen LogP contribution in [-0.2, 0) is 16.1 Å². The Kier molecular flexibility index (Phi) is 3.94. The highest BCUT2D eigenvalue weighted by atomic mass is 16.6. The second-order valence-corrected chi connectivity index (χ2v) is 4.34. The molecule has 2 heterocycles. The molecule has 0 aromatic carbocycles. The Bertz CT molecular complexity index is 561. The molecule has 0 bridgehead atoms. The maximum atomic E-state index is 11.7. The van der Waals surface area contributed by atoms with Crippen molar-refractivity contribution in [3.05, 3.63) is 29.7 Å². The topological polar surface area (TPSA) is 83.0 Å². The van der Waals surface area contributed by atoms with E-state index in [0.29, 0.717) is 18.3 Å². The van der Waals surface area contributed by atoms with E-state index in [1.165, 1.54) is 0 Å². The highest BCUT2D eigenvalue weighted by Crippen LogP contribution is 2.15. The van der Waals surface area contributed by atoms with Crippen LogP contribution in [0.25, 0.3) is 0 Å². The number of ether oxygens (including phenoxy) is 1. The molecule has 2 aromatic heterocycles. The minimum atomic E-state index is -0.534. The van der Waals surface area contributed by atoms with Gasteiger partial charge < -0.3 is 9.26 Å². The molecule has 0 aliphatic rings. The van der Waals surface area contributed by atoms with Crippen LogP contribution in [0.3, 0.4) is 0 Å². The standard InChI is InChI=1S/C12H16N4O3/c1-8-6-13-16(7-8)5-4-11(17)18-9(2)12-14-10(3)15-19-12/h6-7,9H,4-5H2,1-3H3. The lowest BCUT2D eigenvalue weighted by atomic mass is 10.4. The molecular weight excluding hydrogens is 248 g/mol. The summed E-state index contributed by atoms with van der Waals surface area (Å²) in [5, 5.41) is 7.75. The van der Waals surface area contributed by atoms with Crippen LogP contribution in [0.2, 0.25) is 0 Å². The van der Waals surface area contributed by atoms with Crippen LogP contribution in [0.4, 0.5) is 0 Å². The van der Waals surface area contributed by atoms with E-state index in [-0.39, 0.29) is 12.4 Å². The van der Waals surface area contributed by atoms with E-state index < -0.39 is 6.10 Å². The number of esters is 1. The number of carbonyl (C=O) groups is 1. The smallest absolute Gasteiger partial charge is 0.308 e. The minimum absolute atomic E-state index is 0.249. The zero-order valence-corrected chi connectivity index (χ0v) is 11.2. The van der Waals surface area contributed by atoms with Crippen molar-refractivity contribution in [1.29, 1.82) is 0 Å². The van der Waals surface area contributed by atoms with Crippen molar-refractivity contribution >= 4 is 5.97 Å². The first-order chi connectivity index (χ1) is 9.04. The molecule has 2 aromatic rings. The summed E-state index contributed by atoms with van der Waals surface area (Å²) < 4.78 is 11.8. The summed E-state index contributed by atoms with van der Waals surface area (Å²) >= 11 is 0. The van der Waals surface area contributed by atoms with Gasteiger partial charge >= 0.3 is 5.97 Å². The fraction of sp³-hybridized carbons (Fsp3) is 0.500. The molecular formula is C12H16N4O3. The molecule has 0 aliphatic carbocycles. The summed E-state index contributed by atoms with van der Waals surface area (Å²) in [6, 6.07) is 0. The van der Waals surface area contributed by atoms with Crippen molar-refractivity contribution in [1.82, 2.24) is 19.9 Å². The highest BCUT2D eigenvalue weighted by molar-refractivity contribution is 5.69. The predicted octanol–water partition coefficient (Wildman–Crippen LogP) is 1.58. The monoisotopic (exact) mass is 264 g/mol. The minimum Gasteiger partial charge on any atom is -0.452 e. The van der Waals surface area contributed by atoms with E-state index in [4.69, 9.17) is 9.26 Å². The first-order valence-electron chi connectivity index (χ1n) is 6.03. The molecule has 0 spiro atoms. The molecule has 0 aliphatic heterocycles. The van der Waals surface area contributed by atoms with Crippen LogP contribution in [0.1, 0.15) is 36.7 Å². The first-order valence-corrected chi connectivity index (χ1v) is 6.03. The van der Waals surface area contributed by atoms with Crippen molar-refractivity contribution in [2.75, 3.05) is 0 Å². The Hall–Kier alpha value is -2.18. The summed E-state index contributed by atoms with van der Waals surface area (Å²) in [7, 11) is 0. The average molecular weight is 264 g/mol. The maximum Gasteiger partial charge on any atom is 0.308 e. The third-order valence-electron chi connectivity index (χ3n) is 2.51. The third kappa shape index (κ3) is 3.64. The van der Waals surface area contributed by atoms with Crippen LogP contribution in [0.5, 0.6) is 0 Å². The highest BCUT2D eigenvalue weighted by Gasteiger charge is 2.17. The van der Waals surface area contributed by atoms with E-state index >= 15 is 0 Å². The van der Waals surface area contributed by atoms with Crippen molar-refractivity contribution < 1.29 is 14.1 Å². The molecule has 1 unspecified atom stereocenters. The molecule has 0 saturated carbocycles. The molecule has 7 nitrogen and oxygen atoms in total. The van der Waals surface area contributed by atoms with E-state index in [1.54, 1.807) is 24.7 Å². The molecule has 2 rings (SSSR count). The summed E-state index contributed by atoms with van der Waals surface area (Å²) in [6.07, 6.45) is 3.33. The summed E-state index contributed by atoms with van der Waals surface area (Å²) in [4.78, 5) is 15.7. The molecule has 0 N–H and O–H groups in total. The van der Waals surface area contributed by atoms with Crippen molar-refractivity contribution in [2.24, 2.45) is 0 Å². The van der Waals surface area contributed by atoms with Gasteiger partial charge in [-0.3, -0.25) is 9.48 Å². The van der Waals surface area contributed by atoms with Crippen molar-refractivity contribution in [2.45, 2.75) is 39.8 Å². The van der Waals surface area contributed by atoms with E-state index in [2.05, 4.69) is 15.2 Å². The van der Waals surface area contributed by atoms with Gasteiger partial charge in [0.25, 0.3) is 5.89 Å². The van der Waals surface area contributed by atoms with Crippen LogP contribution in [0.15, 0.2) is 16.9 Å². The maximum absolute atomic E-state index is 11.7. The fourth-order valence-corrected chi connectivity index (χ4v) is 1.58. The molecule has 102 valence electrons. The lowest BCUT2D eigenvalue weighted by molar-refractivity contribution is -0.150. The lowest BCUT2D eigenvalue weighted by Crippen LogP contribution is -2.12. The van der Waals surface area contributed by atoms with Gasteiger partial charge in [-0.2, -0.15) is 10.1 Å². The largest absolute Gasteiger partial charge is 0.452 e. The number of aryl methyl sites for hydroxylation is 3. The van der Waals surface area contributed by atoms with Gasteiger partial charge in [-0.25, -0.2) is 0 Å². The molecule has 1 atom stereocenters. The molecule has 0 amide bonds. The Morgan fingerprint density at radius 3 is 2.89 bits per heavy atom. The zero-order chi connectivity index (χ0) is 13.8. The number of hydrogen-bond donors (Lipinski definition) is 0. The van der Waals surface area contributed by atoms with E-state index in [9.17, 15) is 4.79 Å². The average Bonchev–Trinajstić information content (AvgIpc) is 2.95. The number of nitrogens with zero attached hydrogens (tertiary/aromatic N) is 4. The van der Waals surface area contributed by atoms with Crippen molar-refractivity contribution in [3.63, 3.8) is 0 Å². The number of hydrogen-bond acceptors (Lipinski definition) is 6. The van der Waals surface area contributed by atoms with Crippen molar-refractivity contribution in [3.8, 4) is 0 Å². The van der Waals surface area contributed by atoms with Crippen LogP contribution in [0, 0.1) is 13.8 Å². The second kappa shape index (κ2) is 5.64. The Morgan fingerprint density at radius 2 is 2.32 bits per heavy atom. The van der Waals surface area contributed by atoms with Gasteiger partial charge in [0.2, 0.25) is 0 Å².